The molecule has 1 amide bonds. The summed E-state index contributed by atoms with van der Waals surface area (Å²) in [5, 5.41) is 0. The van der Waals surface area contributed by atoms with E-state index in [2.05, 4.69) is 27.8 Å². The summed E-state index contributed by atoms with van der Waals surface area (Å²) in [7, 11) is 0. The van der Waals surface area contributed by atoms with Crippen LogP contribution in [0.1, 0.15) is 31.4 Å². The van der Waals surface area contributed by atoms with Crippen molar-refractivity contribution in [1.82, 2.24) is 4.98 Å². The molecule has 0 aliphatic carbocycles. The van der Waals surface area contributed by atoms with Gasteiger partial charge in [-0.2, -0.15) is 0 Å². The Bertz CT molecular complexity index is 761. The van der Waals surface area contributed by atoms with Crippen molar-refractivity contribution < 1.29 is 9.53 Å². The number of nitrogens with zero attached hydrogens (tertiary/aromatic N) is 2. The van der Waals surface area contributed by atoms with Gasteiger partial charge >= 0.3 is 0 Å². The summed E-state index contributed by atoms with van der Waals surface area (Å²) in [4.78, 5) is 18.2. The third-order valence-electron chi connectivity index (χ3n) is 4.20. The second kappa shape index (κ2) is 6.32. The van der Waals surface area contributed by atoms with Crippen LogP contribution in [0.2, 0.25) is 0 Å². The molecule has 4 nitrogen and oxygen atoms in total. The molecule has 1 aliphatic rings. The highest BCUT2D eigenvalue weighted by atomic mass is 79.9. The van der Waals surface area contributed by atoms with Crippen molar-refractivity contribution in [3.05, 3.63) is 46.1 Å². The molecule has 2 heterocycles. The molecule has 1 unspecified atom stereocenters. The standard InChI is InChI=1S/C18H19BrN2O2/c1-11-5-4-10-20-18(11)23-17-14-7-6-12(2)21(13(3)22)16(14)9-8-15(17)19/h4-5,8-10,12H,6-7H2,1-3H3. The lowest BCUT2D eigenvalue weighted by molar-refractivity contribution is -0.117. The number of pyridine rings is 1. The highest BCUT2D eigenvalue weighted by Gasteiger charge is 2.29. The lowest BCUT2D eigenvalue weighted by Crippen LogP contribution is -2.40. The second-order valence-electron chi connectivity index (χ2n) is 5.88. The van der Waals surface area contributed by atoms with Crippen molar-refractivity contribution >= 4 is 27.5 Å². The van der Waals surface area contributed by atoms with Crippen LogP contribution in [0.4, 0.5) is 5.69 Å². The van der Waals surface area contributed by atoms with Gasteiger partial charge in [-0.05, 0) is 60.8 Å². The minimum Gasteiger partial charge on any atom is -0.437 e. The lowest BCUT2D eigenvalue weighted by atomic mass is 9.95. The normalized spacial score (nSPS) is 16.9. The third-order valence-corrected chi connectivity index (χ3v) is 4.82. The Morgan fingerprint density at radius 3 is 2.87 bits per heavy atom. The largest absolute Gasteiger partial charge is 0.437 e. The van der Waals surface area contributed by atoms with Gasteiger partial charge in [0, 0.05) is 30.3 Å². The van der Waals surface area contributed by atoms with Crippen molar-refractivity contribution in [3.63, 3.8) is 0 Å². The fraction of sp³-hybridized carbons (Fsp3) is 0.333. The fourth-order valence-corrected chi connectivity index (χ4v) is 3.49. The number of anilines is 1. The van der Waals surface area contributed by atoms with Gasteiger partial charge in [-0.1, -0.05) is 6.07 Å². The monoisotopic (exact) mass is 374 g/mol. The Morgan fingerprint density at radius 2 is 2.17 bits per heavy atom. The molecule has 1 aliphatic heterocycles. The van der Waals surface area contributed by atoms with Crippen molar-refractivity contribution in [1.29, 1.82) is 0 Å². The van der Waals surface area contributed by atoms with Crippen LogP contribution in [-0.4, -0.2) is 16.9 Å². The Balaban J connectivity index is 2.08. The average molecular weight is 375 g/mol. The number of halogens is 1. The van der Waals surface area contributed by atoms with E-state index in [4.69, 9.17) is 4.74 Å². The zero-order chi connectivity index (χ0) is 16.6. The maximum atomic E-state index is 12.0. The predicted molar refractivity (Wildman–Crippen MR) is 94.1 cm³/mol. The minimum atomic E-state index is 0.0562. The first-order chi connectivity index (χ1) is 11.0. The number of hydrogen-bond acceptors (Lipinski definition) is 3. The molecule has 0 fully saturated rings. The molecule has 0 saturated carbocycles. The third kappa shape index (κ3) is 2.98. The number of benzene rings is 1. The van der Waals surface area contributed by atoms with Crippen LogP contribution in [0.25, 0.3) is 0 Å². The summed E-state index contributed by atoms with van der Waals surface area (Å²) in [6, 6.07) is 7.96. The number of rotatable bonds is 2. The zero-order valence-electron chi connectivity index (χ0n) is 13.5. The second-order valence-corrected chi connectivity index (χ2v) is 6.73. The van der Waals surface area contributed by atoms with Gasteiger partial charge in [0.25, 0.3) is 0 Å². The van der Waals surface area contributed by atoms with Gasteiger partial charge in [-0.15, -0.1) is 0 Å². The van der Waals surface area contributed by atoms with Crippen LogP contribution in [0, 0.1) is 6.92 Å². The zero-order valence-corrected chi connectivity index (χ0v) is 15.1. The average Bonchev–Trinajstić information content (AvgIpc) is 2.51. The summed E-state index contributed by atoms with van der Waals surface area (Å²) >= 11 is 3.57. The van der Waals surface area contributed by atoms with E-state index in [1.165, 1.54) is 0 Å². The van der Waals surface area contributed by atoms with Crippen molar-refractivity contribution in [2.24, 2.45) is 0 Å². The predicted octanol–water partition coefficient (Wildman–Crippen LogP) is 4.63. The number of fused-ring (bicyclic) bond motifs is 1. The number of hydrogen-bond donors (Lipinski definition) is 0. The van der Waals surface area contributed by atoms with Crippen LogP contribution in [0.15, 0.2) is 34.9 Å². The first-order valence-electron chi connectivity index (χ1n) is 7.69. The molecule has 0 radical (unpaired) electrons. The maximum absolute atomic E-state index is 12.0. The molecule has 1 atom stereocenters. The molecule has 5 heteroatoms. The van der Waals surface area contributed by atoms with Crippen molar-refractivity contribution in [2.45, 2.75) is 39.7 Å². The summed E-state index contributed by atoms with van der Waals surface area (Å²) in [5.74, 6) is 1.40. The molecule has 0 bridgehead atoms. The van der Waals surface area contributed by atoms with Crippen LogP contribution < -0.4 is 9.64 Å². The van der Waals surface area contributed by atoms with Crippen LogP contribution in [0.3, 0.4) is 0 Å². The molecule has 1 aromatic heterocycles. The van der Waals surface area contributed by atoms with Crippen LogP contribution >= 0.6 is 15.9 Å². The van der Waals surface area contributed by atoms with E-state index in [0.717, 1.165) is 39.9 Å². The van der Waals surface area contributed by atoms with Gasteiger partial charge in [0.1, 0.15) is 5.75 Å². The Labute approximate surface area is 144 Å². The number of carbonyl (C=O) groups is 1. The number of aromatic nitrogens is 1. The van der Waals surface area contributed by atoms with E-state index in [0.29, 0.717) is 5.88 Å². The van der Waals surface area contributed by atoms with E-state index in [9.17, 15) is 4.79 Å². The summed E-state index contributed by atoms with van der Waals surface area (Å²) in [6.07, 6.45) is 3.51. The molecular formula is C18H19BrN2O2. The van der Waals surface area contributed by atoms with E-state index in [-0.39, 0.29) is 11.9 Å². The molecule has 2 aromatic rings. The number of ether oxygens (including phenoxy) is 1. The molecule has 3 rings (SSSR count). The molecule has 120 valence electrons. The quantitative estimate of drug-likeness (QED) is 0.769. The molecule has 0 spiro atoms. The van der Waals surface area contributed by atoms with Gasteiger partial charge in [0.15, 0.2) is 0 Å². The van der Waals surface area contributed by atoms with E-state index < -0.39 is 0 Å². The summed E-state index contributed by atoms with van der Waals surface area (Å²) < 4.78 is 6.98. The number of amides is 1. The van der Waals surface area contributed by atoms with E-state index >= 15 is 0 Å². The Kier molecular flexibility index (Phi) is 4.39. The Hall–Kier alpha value is -1.88. The van der Waals surface area contributed by atoms with Gasteiger partial charge in [-0.25, -0.2) is 4.98 Å². The Morgan fingerprint density at radius 1 is 1.39 bits per heavy atom. The lowest BCUT2D eigenvalue weighted by Gasteiger charge is -2.35. The van der Waals surface area contributed by atoms with Gasteiger partial charge < -0.3 is 9.64 Å². The highest BCUT2D eigenvalue weighted by Crippen LogP contribution is 2.43. The summed E-state index contributed by atoms with van der Waals surface area (Å²) in [5.41, 5.74) is 2.96. The minimum absolute atomic E-state index is 0.0562. The highest BCUT2D eigenvalue weighted by molar-refractivity contribution is 9.10. The first kappa shape index (κ1) is 16.0. The van der Waals surface area contributed by atoms with Crippen molar-refractivity contribution in [2.75, 3.05) is 4.90 Å². The van der Waals surface area contributed by atoms with Gasteiger partial charge in [0.2, 0.25) is 11.8 Å². The van der Waals surface area contributed by atoms with Crippen LogP contribution in [-0.2, 0) is 11.2 Å². The number of carbonyl (C=O) groups excluding carboxylic acids is 1. The van der Waals surface area contributed by atoms with Gasteiger partial charge in [-0.3, -0.25) is 4.79 Å². The SMILES string of the molecule is CC(=O)N1c2ccc(Br)c(Oc3ncccc3C)c2CCC1C. The summed E-state index contributed by atoms with van der Waals surface area (Å²) in [6.45, 7) is 5.66. The first-order valence-corrected chi connectivity index (χ1v) is 8.49. The van der Waals surface area contributed by atoms with E-state index in [1.54, 1.807) is 13.1 Å². The molecule has 1 aromatic carbocycles. The molecule has 23 heavy (non-hydrogen) atoms. The molecular weight excluding hydrogens is 356 g/mol. The van der Waals surface area contributed by atoms with Crippen LogP contribution in [0.5, 0.6) is 11.6 Å². The maximum Gasteiger partial charge on any atom is 0.224 e. The smallest absolute Gasteiger partial charge is 0.224 e. The van der Waals surface area contributed by atoms with Gasteiger partial charge in [0.05, 0.1) is 10.2 Å². The van der Waals surface area contributed by atoms with Crippen molar-refractivity contribution in [3.8, 4) is 11.6 Å². The number of aryl methyl sites for hydroxylation is 1. The fourth-order valence-electron chi connectivity index (χ4n) is 3.04. The topological polar surface area (TPSA) is 42.4 Å². The van der Waals surface area contributed by atoms with E-state index in [1.807, 2.05) is 36.1 Å². The molecule has 0 saturated heterocycles. The molecule has 0 N–H and O–H groups in total.